The summed E-state index contributed by atoms with van der Waals surface area (Å²) in [6.07, 6.45) is 0. The molecule has 0 saturated carbocycles. The van der Waals surface area contributed by atoms with Crippen molar-refractivity contribution in [2.75, 3.05) is 13.7 Å². The van der Waals surface area contributed by atoms with E-state index in [1.54, 1.807) is 13.8 Å². The zero-order valence-corrected chi connectivity index (χ0v) is 11.4. The van der Waals surface area contributed by atoms with Crippen LogP contribution >= 0.6 is 0 Å². The van der Waals surface area contributed by atoms with Crippen molar-refractivity contribution >= 4 is 5.97 Å². The average Bonchev–Trinajstić information content (AvgIpc) is 2.35. The topological polar surface area (TPSA) is 61.5 Å². The van der Waals surface area contributed by atoms with E-state index in [1.165, 1.54) is 7.11 Å². The Bertz CT molecular complexity index is 413. The maximum absolute atomic E-state index is 11.5. The first-order valence-corrected chi connectivity index (χ1v) is 5.94. The van der Waals surface area contributed by atoms with Gasteiger partial charge in [-0.2, -0.15) is 0 Å². The molecular weight excluding hydrogens is 230 g/mol. The number of rotatable bonds is 5. The quantitative estimate of drug-likeness (QED) is 0.816. The fourth-order valence-corrected chi connectivity index (χ4v) is 1.58. The summed E-state index contributed by atoms with van der Waals surface area (Å²) in [6.45, 7) is 5.72. The molecule has 1 rings (SSSR count). The monoisotopic (exact) mass is 251 g/mol. The van der Waals surface area contributed by atoms with Gasteiger partial charge in [0.05, 0.1) is 12.5 Å². The maximum atomic E-state index is 11.5. The van der Waals surface area contributed by atoms with Gasteiger partial charge in [-0.15, -0.1) is 0 Å². The molecule has 1 atom stereocenters. The summed E-state index contributed by atoms with van der Waals surface area (Å²) >= 11 is 0. The molecule has 1 aromatic rings. The van der Waals surface area contributed by atoms with E-state index in [9.17, 15) is 4.79 Å². The van der Waals surface area contributed by atoms with Crippen LogP contribution in [-0.4, -0.2) is 19.7 Å². The van der Waals surface area contributed by atoms with Crippen LogP contribution in [0.2, 0.25) is 0 Å². The smallest absolute Gasteiger partial charge is 0.314 e. The molecule has 0 fully saturated rings. The molecule has 0 bridgehead atoms. The number of para-hydroxylation sites is 1. The number of nitrogens with two attached hydrogens (primary N) is 1. The molecule has 4 heteroatoms. The standard InChI is InChI=1S/C14H21NO3/c1-10(15)11-7-5-6-8-12(11)18-9-14(2,3)13(16)17-4/h5-8,10H,9,15H2,1-4H3/t10-/m0/s1. The zero-order chi connectivity index (χ0) is 13.8. The second-order valence-corrected chi connectivity index (χ2v) is 4.99. The normalized spacial score (nSPS) is 12.9. The minimum Gasteiger partial charge on any atom is -0.492 e. The van der Waals surface area contributed by atoms with E-state index in [0.717, 1.165) is 5.56 Å². The van der Waals surface area contributed by atoms with E-state index in [1.807, 2.05) is 31.2 Å². The van der Waals surface area contributed by atoms with Gasteiger partial charge in [0, 0.05) is 11.6 Å². The predicted molar refractivity (Wildman–Crippen MR) is 70.3 cm³/mol. The van der Waals surface area contributed by atoms with Crippen LogP contribution in [0.3, 0.4) is 0 Å². The lowest BCUT2D eigenvalue weighted by atomic mass is 9.95. The Morgan fingerprint density at radius 1 is 1.39 bits per heavy atom. The minimum absolute atomic E-state index is 0.109. The molecule has 0 saturated heterocycles. The van der Waals surface area contributed by atoms with Gasteiger partial charge < -0.3 is 15.2 Å². The van der Waals surface area contributed by atoms with Gasteiger partial charge in [0.1, 0.15) is 12.4 Å². The molecule has 0 aliphatic heterocycles. The molecule has 0 spiro atoms. The van der Waals surface area contributed by atoms with Gasteiger partial charge in [-0.1, -0.05) is 18.2 Å². The van der Waals surface area contributed by atoms with Crippen molar-refractivity contribution in [3.63, 3.8) is 0 Å². The van der Waals surface area contributed by atoms with Gasteiger partial charge >= 0.3 is 5.97 Å². The third-order valence-electron chi connectivity index (χ3n) is 2.74. The fourth-order valence-electron chi connectivity index (χ4n) is 1.58. The number of esters is 1. The van der Waals surface area contributed by atoms with Crippen molar-refractivity contribution in [2.24, 2.45) is 11.1 Å². The van der Waals surface area contributed by atoms with E-state index >= 15 is 0 Å². The number of carbonyl (C=O) groups excluding carboxylic acids is 1. The third kappa shape index (κ3) is 3.47. The molecule has 1 aromatic carbocycles. The van der Waals surface area contributed by atoms with E-state index in [4.69, 9.17) is 15.2 Å². The van der Waals surface area contributed by atoms with Crippen molar-refractivity contribution < 1.29 is 14.3 Å². The first-order chi connectivity index (χ1) is 8.38. The summed E-state index contributed by atoms with van der Waals surface area (Å²) in [7, 11) is 1.37. The highest BCUT2D eigenvalue weighted by molar-refractivity contribution is 5.75. The Morgan fingerprint density at radius 3 is 2.56 bits per heavy atom. The van der Waals surface area contributed by atoms with Crippen molar-refractivity contribution in [2.45, 2.75) is 26.8 Å². The summed E-state index contributed by atoms with van der Waals surface area (Å²) < 4.78 is 10.4. The highest BCUT2D eigenvalue weighted by Crippen LogP contribution is 2.26. The predicted octanol–water partition coefficient (Wildman–Crippen LogP) is 2.28. The highest BCUT2D eigenvalue weighted by atomic mass is 16.5. The number of methoxy groups -OCH3 is 1. The summed E-state index contributed by atoms with van der Waals surface area (Å²) in [5, 5.41) is 0. The Kier molecular flexibility index (Phi) is 4.73. The molecule has 0 aliphatic carbocycles. The van der Waals surface area contributed by atoms with Crippen LogP contribution in [0, 0.1) is 5.41 Å². The summed E-state index contributed by atoms with van der Waals surface area (Å²) in [5.41, 5.74) is 6.12. The Hall–Kier alpha value is -1.55. The van der Waals surface area contributed by atoms with Crippen molar-refractivity contribution in [3.05, 3.63) is 29.8 Å². The first-order valence-electron chi connectivity index (χ1n) is 5.94. The number of ether oxygens (including phenoxy) is 2. The average molecular weight is 251 g/mol. The van der Waals surface area contributed by atoms with E-state index in [0.29, 0.717) is 5.75 Å². The van der Waals surface area contributed by atoms with Crippen molar-refractivity contribution in [3.8, 4) is 5.75 Å². The lowest BCUT2D eigenvalue weighted by Crippen LogP contribution is -2.32. The van der Waals surface area contributed by atoms with Gasteiger partial charge in [-0.3, -0.25) is 4.79 Å². The summed E-state index contributed by atoms with van der Waals surface area (Å²) in [4.78, 5) is 11.5. The molecule has 4 nitrogen and oxygen atoms in total. The van der Waals surface area contributed by atoms with E-state index < -0.39 is 5.41 Å². The lowest BCUT2D eigenvalue weighted by molar-refractivity contribution is -0.152. The van der Waals surface area contributed by atoms with Crippen LogP contribution < -0.4 is 10.5 Å². The Morgan fingerprint density at radius 2 is 2.00 bits per heavy atom. The van der Waals surface area contributed by atoms with Gasteiger partial charge in [0.25, 0.3) is 0 Å². The molecule has 0 aromatic heterocycles. The second-order valence-electron chi connectivity index (χ2n) is 4.99. The molecular formula is C14H21NO3. The first kappa shape index (κ1) is 14.5. The molecule has 100 valence electrons. The van der Waals surface area contributed by atoms with Crippen LogP contribution in [0.4, 0.5) is 0 Å². The largest absolute Gasteiger partial charge is 0.492 e. The van der Waals surface area contributed by atoms with Gasteiger partial charge in [-0.25, -0.2) is 0 Å². The number of benzene rings is 1. The molecule has 0 heterocycles. The van der Waals surface area contributed by atoms with E-state index in [2.05, 4.69) is 0 Å². The third-order valence-corrected chi connectivity index (χ3v) is 2.74. The van der Waals surface area contributed by atoms with E-state index in [-0.39, 0.29) is 18.6 Å². The van der Waals surface area contributed by atoms with Gasteiger partial charge in [0.15, 0.2) is 0 Å². The minimum atomic E-state index is -0.681. The Balaban J connectivity index is 2.78. The molecule has 18 heavy (non-hydrogen) atoms. The van der Waals surface area contributed by atoms with Crippen LogP contribution in [0.25, 0.3) is 0 Å². The zero-order valence-electron chi connectivity index (χ0n) is 11.4. The summed E-state index contributed by atoms with van der Waals surface area (Å²) in [5.74, 6) is 0.422. The number of hydrogen-bond donors (Lipinski definition) is 1. The molecule has 0 aliphatic rings. The van der Waals surface area contributed by atoms with Crippen LogP contribution in [-0.2, 0) is 9.53 Å². The van der Waals surface area contributed by atoms with Gasteiger partial charge in [-0.05, 0) is 26.8 Å². The maximum Gasteiger partial charge on any atom is 0.314 e. The molecule has 0 amide bonds. The van der Waals surface area contributed by atoms with Crippen molar-refractivity contribution in [1.29, 1.82) is 0 Å². The van der Waals surface area contributed by atoms with Gasteiger partial charge in [0.2, 0.25) is 0 Å². The summed E-state index contributed by atoms with van der Waals surface area (Å²) in [6, 6.07) is 7.46. The molecule has 2 N–H and O–H groups in total. The van der Waals surface area contributed by atoms with Crippen LogP contribution in [0.5, 0.6) is 5.75 Å². The second kappa shape index (κ2) is 5.87. The lowest BCUT2D eigenvalue weighted by Gasteiger charge is -2.23. The van der Waals surface area contributed by atoms with Crippen molar-refractivity contribution in [1.82, 2.24) is 0 Å². The number of carbonyl (C=O) groups is 1. The highest BCUT2D eigenvalue weighted by Gasteiger charge is 2.30. The van der Waals surface area contributed by atoms with Crippen LogP contribution in [0.15, 0.2) is 24.3 Å². The molecule has 0 radical (unpaired) electrons. The Labute approximate surface area is 108 Å². The molecule has 0 unspecified atom stereocenters. The number of hydrogen-bond acceptors (Lipinski definition) is 4. The van der Waals surface area contributed by atoms with Crippen LogP contribution in [0.1, 0.15) is 32.4 Å². The fraction of sp³-hybridized carbons (Fsp3) is 0.500. The SMILES string of the molecule is COC(=O)C(C)(C)COc1ccccc1[C@H](C)N.